The van der Waals surface area contributed by atoms with Gasteiger partial charge >= 0.3 is 0 Å². The number of nitrogens with zero attached hydrogens (tertiary/aromatic N) is 8. The fourth-order valence-electron chi connectivity index (χ4n) is 7.62. The van der Waals surface area contributed by atoms with Crippen LogP contribution in [0.2, 0.25) is 5.02 Å². The van der Waals surface area contributed by atoms with Crippen molar-refractivity contribution in [1.82, 2.24) is 50.1 Å². The van der Waals surface area contributed by atoms with Crippen LogP contribution in [-0.2, 0) is 17.9 Å². The predicted molar refractivity (Wildman–Crippen MR) is 253 cm³/mol. The number of aryl methyl sites for hydroxylation is 1. The molecule has 0 atom stereocenters. The Labute approximate surface area is 386 Å². The van der Waals surface area contributed by atoms with E-state index in [0.717, 1.165) is 47.5 Å². The van der Waals surface area contributed by atoms with E-state index in [2.05, 4.69) is 61.5 Å². The lowest BCUT2D eigenvalue weighted by Gasteiger charge is -2.26. The monoisotopic (exact) mass is 910 g/mol. The van der Waals surface area contributed by atoms with Crippen LogP contribution in [0.15, 0.2) is 89.8 Å². The number of rotatable bonds is 18. The molecule has 0 saturated carbocycles. The highest BCUT2D eigenvalue weighted by Gasteiger charge is 2.19. The molecule has 5 aromatic heterocycles. The Morgan fingerprint density at radius 1 is 0.818 bits per heavy atom. The molecular formula is C47H51ClN14O4. The number of hydrogen-bond donors (Lipinski definition) is 6. The van der Waals surface area contributed by atoms with E-state index < -0.39 is 0 Å². The molecule has 19 heteroatoms. The summed E-state index contributed by atoms with van der Waals surface area (Å²) in [5.41, 5.74) is 13.0. The highest BCUT2D eigenvalue weighted by Crippen LogP contribution is 2.37. The van der Waals surface area contributed by atoms with E-state index in [4.69, 9.17) is 21.8 Å². The Kier molecular flexibility index (Phi) is 14.5. The van der Waals surface area contributed by atoms with Gasteiger partial charge in [-0.05, 0) is 110 Å². The van der Waals surface area contributed by atoms with Crippen LogP contribution in [0.5, 0.6) is 0 Å². The number of hydrogen-bond acceptors (Lipinski definition) is 14. The lowest BCUT2D eigenvalue weighted by molar-refractivity contribution is -0.121. The average Bonchev–Trinajstić information content (AvgIpc) is 4.02. The highest BCUT2D eigenvalue weighted by atomic mass is 35.5. The number of benzene rings is 2. The first-order valence-electron chi connectivity index (χ1n) is 21.9. The van der Waals surface area contributed by atoms with Crippen molar-refractivity contribution >= 4 is 58.4 Å². The Morgan fingerprint density at radius 3 is 2.36 bits per heavy atom. The van der Waals surface area contributed by atoms with Gasteiger partial charge in [0.05, 0.1) is 17.0 Å². The standard InChI is InChI=1S/C47H51ClN14O4/c1-29-24-38(54-27-32(29)28-61-21-4-3-5-22-61)44(65)56-36-13-7-11-34(41(36)48)33-10-6-12-35(30(33)2)55-43(64)37-17-16-31(26-53-37)25-50-19-20-51-40(63)15-8-18-52-46-58-45(49)62-47(59-46)57-42(60-62)39-14-9-23-66-39/h6-7,9-14,16-17,23-24,26-27,50H,3-5,8,15,18-22,25,28H2,1-2H3,(H,51,63)(H,55,64)(H,56,65)(H3,49,52,57,58,59,60). The van der Waals surface area contributed by atoms with Gasteiger partial charge in [-0.3, -0.25) is 29.3 Å². The van der Waals surface area contributed by atoms with Crippen LogP contribution in [0, 0.1) is 13.8 Å². The summed E-state index contributed by atoms with van der Waals surface area (Å²) in [4.78, 5) is 63.4. The molecule has 8 rings (SSSR count). The van der Waals surface area contributed by atoms with Crippen molar-refractivity contribution in [2.45, 2.75) is 59.0 Å². The van der Waals surface area contributed by atoms with E-state index >= 15 is 0 Å². The Bertz CT molecular complexity index is 2830. The highest BCUT2D eigenvalue weighted by molar-refractivity contribution is 6.36. The third-order valence-electron chi connectivity index (χ3n) is 11.3. The molecule has 7 N–H and O–H groups in total. The number of pyridine rings is 2. The number of carbonyl (C=O) groups excluding carboxylic acids is 3. The Morgan fingerprint density at radius 2 is 1.59 bits per heavy atom. The van der Waals surface area contributed by atoms with Gasteiger partial charge in [0.15, 0.2) is 5.76 Å². The summed E-state index contributed by atoms with van der Waals surface area (Å²) in [6.07, 6.45) is 9.53. The largest absolute Gasteiger partial charge is 0.461 e. The minimum absolute atomic E-state index is 0.0823. The van der Waals surface area contributed by atoms with Crippen molar-refractivity contribution in [3.8, 4) is 22.7 Å². The van der Waals surface area contributed by atoms with Gasteiger partial charge in [0.2, 0.25) is 23.6 Å². The molecule has 3 amide bonds. The van der Waals surface area contributed by atoms with Gasteiger partial charge in [0.1, 0.15) is 11.4 Å². The summed E-state index contributed by atoms with van der Waals surface area (Å²) >= 11 is 6.94. The van der Waals surface area contributed by atoms with Crippen LogP contribution in [-0.4, -0.2) is 89.9 Å². The van der Waals surface area contributed by atoms with Crippen molar-refractivity contribution in [3.63, 3.8) is 0 Å². The zero-order valence-corrected chi connectivity index (χ0v) is 37.5. The summed E-state index contributed by atoms with van der Waals surface area (Å²) in [7, 11) is 0. The Hall–Kier alpha value is -7.28. The molecule has 66 heavy (non-hydrogen) atoms. The van der Waals surface area contributed by atoms with Crippen molar-refractivity contribution in [2.24, 2.45) is 0 Å². The molecule has 7 aromatic rings. The topological polar surface area (TPSA) is 236 Å². The molecule has 1 aliphatic heterocycles. The molecule has 0 bridgehead atoms. The van der Waals surface area contributed by atoms with Crippen LogP contribution in [0.4, 0.5) is 23.3 Å². The number of amides is 3. The van der Waals surface area contributed by atoms with E-state index in [9.17, 15) is 14.4 Å². The number of fused-ring (bicyclic) bond motifs is 1. The minimum Gasteiger partial charge on any atom is -0.461 e. The first-order chi connectivity index (χ1) is 32.1. The first kappa shape index (κ1) is 45.3. The third-order valence-corrected chi connectivity index (χ3v) is 11.7. The fourth-order valence-corrected chi connectivity index (χ4v) is 7.90. The zero-order chi connectivity index (χ0) is 46.0. The fraction of sp³-hybridized carbons (Fsp3) is 0.298. The molecule has 340 valence electrons. The molecule has 1 saturated heterocycles. The van der Waals surface area contributed by atoms with Crippen molar-refractivity contribution in [3.05, 3.63) is 124 Å². The van der Waals surface area contributed by atoms with Gasteiger partial charge in [-0.2, -0.15) is 19.5 Å². The number of halogens is 1. The van der Waals surface area contributed by atoms with Gasteiger partial charge in [-0.1, -0.05) is 48.4 Å². The van der Waals surface area contributed by atoms with Crippen LogP contribution in [0.3, 0.4) is 0 Å². The van der Waals surface area contributed by atoms with Gasteiger partial charge in [-0.15, -0.1) is 5.10 Å². The van der Waals surface area contributed by atoms with Gasteiger partial charge in [0, 0.05) is 62.8 Å². The molecule has 0 aliphatic carbocycles. The smallest absolute Gasteiger partial charge is 0.274 e. The van der Waals surface area contributed by atoms with Crippen molar-refractivity contribution < 1.29 is 18.8 Å². The van der Waals surface area contributed by atoms with Crippen LogP contribution in [0.1, 0.15) is 75.3 Å². The van der Waals surface area contributed by atoms with E-state index in [1.54, 1.807) is 36.7 Å². The van der Waals surface area contributed by atoms with E-state index in [0.29, 0.717) is 78.3 Å². The summed E-state index contributed by atoms with van der Waals surface area (Å²) in [5, 5.41) is 19.9. The number of anilines is 4. The Balaban J connectivity index is 0.764. The first-order valence-corrected chi connectivity index (χ1v) is 22.3. The maximum absolute atomic E-state index is 13.4. The minimum atomic E-state index is -0.364. The van der Waals surface area contributed by atoms with Crippen LogP contribution >= 0.6 is 11.6 Å². The molecule has 2 aromatic carbocycles. The quantitative estimate of drug-likeness (QED) is 0.0493. The zero-order valence-electron chi connectivity index (χ0n) is 36.7. The molecule has 0 unspecified atom stereocenters. The number of piperidine rings is 1. The second-order valence-corrected chi connectivity index (χ2v) is 16.4. The predicted octanol–water partition coefficient (Wildman–Crippen LogP) is 6.68. The summed E-state index contributed by atoms with van der Waals surface area (Å²) in [6, 6.07) is 19.8. The molecule has 1 aliphatic rings. The second kappa shape index (κ2) is 21.1. The van der Waals surface area contributed by atoms with Gasteiger partial charge in [-0.25, -0.2) is 0 Å². The van der Waals surface area contributed by atoms with E-state index in [-0.39, 0.29) is 41.1 Å². The third kappa shape index (κ3) is 11.1. The average molecular weight is 911 g/mol. The van der Waals surface area contributed by atoms with E-state index in [1.807, 2.05) is 56.3 Å². The number of furan rings is 1. The van der Waals surface area contributed by atoms with Crippen molar-refractivity contribution in [2.75, 3.05) is 54.4 Å². The molecule has 0 radical (unpaired) electrons. The summed E-state index contributed by atoms with van der Waals surface area (Å²) in [5.74, 6) is 0.719. The number of nitrogens with one attached hydrogen (secondary N) is 5. The molecule has 0 spiro atoms. The van der Waals surface area contributed by atoms with E-state index in [1.165, 1.54) is 30.0 Å². The maximum atomic E-state index is 13.4. The van der Waals surface area contributed by atoms with Crippen LogP contribution in [0.25, 0.3) is 28.5 Å². The normalized spacial score (nSPS) is 12.8. The number of nitrogens with two attached hydrogens (primary N) is 1. The molecule has 18 nitrogen and oxygen atoms in total. The molecular weight excluding hydrogens is 860 g/mol. The lowest BCUT2D eigenvalue weighted by atomic mass is 9.98. The second-order valence-electron chi connectivity index (χ2n) is 16.0. The number of carbonyl (C=O) groups is 3. The van der Waals surface area contributed by atoms with Crippen LogP contribution < -0.4 is 32.3 Å². The lowest BCUT2D eigenvalue weighted by Crippen LogP contribution is -2.31. The number of aromatic nitrogens is 7. The maximum Gasteiger partial charge on any atom is 0.274 e. The van der Waals surface area contributed by atoms with Crippen molar-refractivity contribution in [1.29, 1.82) is 0 Å². The summed E-state index contributed by atoms with van der Waals surface area (Å²) < 4.78 is 6.67. The molecule has 1 fully saturated rings. The SMILES string of the molecule is Cc1cc(C(=O)Nc2cccc(-c3cccc(NC(=O)c4ccc(CNCCNC(=O)CCCNc5nc(N)n6nc(-c7ccco7)nc6n5)cn4)c3C)c2Cl)ncc1CN1CCCCC1. The number of nitrogen functional groups attached to an aromatic ring is 1. The van der Waals surface area contributed by atoms with Gasteiger partial charge in [0.25, 0.3) is 17.6 Å². The molecule has 6 heterocycles. The van der Waals surface area contributed by atoms with Gasteiger partial charge < -0.3 is 36.7 Å². The number of likely N-dealkylation sites (tertiary alicyclic amines) is 1. The summed E-state index contributed by atoms with van der Waals surface area (Å²) in [6.45, 7) is 8.85.